The number of allylic oxidation sites excluding steroid dienone is 1. The molecule has 1 aromatic carbocycles. The van der Waals surface area contributed by atoms with E-state index < -0.39 is 0 Å². The lowest BCUT2D eigenvalue weighted by molar-refractivity contribution is 0.367. The molecule has 0 amide bonds. The van der Waals surface area contributed by atoms with Crippen LogP contribution in [0.25, 0.3) is 0 Å². The summed E-state index contributed by atoms with van der Waals surface area (Å²) in [6.45, 7) is 14.4. The van der Waals surface area contributed by atoms with Crippen molar-refractivity contribution < 1.29 is 0 Å². The first-order valence-electron chi connectivity index (χ1n) is 7.60. The van der Waals surface area contributed by atoms with Crippen LogP contribution in [0.1, 0.15) is 46.1 Å². The lowest BCUT2D eigenvalue weighted by Gasteiger charge is -2.35. The molecule has 0 atom stereocenters. The van der Waals surface area contributed by atoms with Crippen LogP contribution in [0.5, 0.6) is 0 Å². The number of anilines is 1. The fourth-order valence-electron chi connectivity index (χ4n) is 2.88. The summed E-state index contributed by atoms with van der Waals surface area (Å²) in [7, 11) is 0. The summed E-state index contributed by atoms with van der Waals surface area (Å²) < 4.78 is 0. The van der Waals surface area contributed by atoms with Gasteiger partial charge in [-0.2, -0.15) is 0 Å². The molecule has 1 fully saturated rings. The fraction of sp³-hybridized carbons (Fsp3) is 0.529. The maximum absolute atomic E-state index is 4.21. The molecular formula is C17H28N2. The molecule has 19 heavy (non-hydrogen) atoms. The Bertz CT molecular complexity index is 403. The number of benzene rings is 1. The Kier molecular flexibility index (Phi) is 6.10. The average Bonchev–Trinajstić information content (AvgIpc) is 2.77. The second-order valence-corrected chi connectivity index (χ2v) is 4.48. The van der Waals surface area contributed by atoms with Crippen LogP contribution in [-0.4, -0.2) is 13.1 Å². The van der Waals surface area contributed by atoms with Crippen LogP contribution in [0, 0.1) is 0 Å². The van der Waals surface area contributed by atoms with E-state index in [2.05, 4.69) is 41.5 Å². The van der Waals surface area contributed by atoms with Crippen LogP contribution in [0.15, 0.2) is 36.5 Å². The van der Waals surface area contributed by atoms with Crippen molar-refractivity contribution in [2.24, 2.45) is 0 Å². The second-order valence-electron chi connectivity index (χ2n) is 4.48. The monoisotopic (exact) mass is 260 g/mol. The van der Waals surface area contributed by atoms with E-state index in [9.17, 15) is 0 Å². The zero-order chi connectivity index (χ0) is 14.3. The number of piperidine rings is 1. The van der Waals surface area contributed by atoms with E-state index in [-0.39, 0.29) is 5.41 Å². The van der Waals surface area contributed by atoms with E-state index in [0.717, 1.165) is 25.9 Å². The second kappa shape index (κ2) is 7.34. The first kappa shape index (κ1) is 15.8. The smallest absolute Gasteiger partial charge is 0.0424 e. The van der Waals surface area contributed by atoms with Gasteiger partial charge < -0.3 is 10.6 Å². The van der Waals surface area contributed by atoms with E-state index in [0.29, 0.717) is 0 Å². The van der Waals surface area contributed by atoms with Gasteiger partial charge in [-0.05, 0) is 37.6 Å². The molecule has 2 N–H and O–H groups in total. The van der Waals surface area contributed by atoms with Crippen molar-refractivity contribution in [2.45, 2.75) is 46.0 Å². The van der Waals surface area contributed by atoms with Crippen molar-refractivity contribution in [3.63, 3.8) is 0 Å². The number of para-hydroxylation sites is 1. The van der Waals surface area contributed by atoms with E-state index in [1.165, 1.54) is 16.9 Å². The lowest BCUT2D eigenvalue weighted by Crippen LogP contribution is -2.39. The Balaban J connectivity index is 0.000000415. The minimum absolute atomic E-state index is 0.196. The molecule has 0 aliphatic carbocycles. The van der Waals surface area contributed by atoms with Crippen LogP contribution in [0.4, 0.5) is 5.69 Å². The van der Waals surface area contributed by atoms with Crippen LogP contribution in [-0.2, 0) is 5.41 Å². The topological polar surface area (TPSA) is 24.1 Å². The fourth-order valence-corrected chi connectivity index (χ4v) is 2.88. The van der Waals surface area contributed by atoms with Gasteiger partial charge in [-0.3, -0.25) is 0 Å². The largest absolute Gasteiger partial charge is 0.358 e. The Labute approximate surface area is 118 Å². The summed E-state index contributed by atoms with van der Waals surface area (Å²) in [6.07, 6.45) is 2.33. The molecule has 2 nitrogen and oxygen atoms in total. The van der Waals surface area contributed by atoms with Crippen molar-refractivity contribution in [3.05, 3.63) is 42.1 Å². The average molecular weight is 260 g/mol. The van der Waals surface area contributed by atoms with Gasteiger partial charge in [0.2, 0.25) is 0 Å². The number of nitrogens with one attached hydrogen (secondary N) is 2. The summed E-state index contributed by atoms with van der Waals surface area (Å²) in [4.78, 5) is 0. The molecule has 1 saturated heterocycles. The molecule has 0 saturated carbocycles. The van der Waals surface area contributed by atoms with Gasteiger partial charge in [0.05, 0.1) is 0 Å². The molecule has 2 aliphatic heterocycles. The van der Waals surface area contributed by atoms with E-state index >= 15 is 0 Å². The van der Waals surface area contributed by atoms with Crippen LogP contribution < -0.4 is 10.6 Å². The summed E-state index contributed by atoms with van der Waals surface area (Å²) in [5.74, 6) is 0. The molecule has 3 rings (SSSR count). The van der Waals surface area contributed by atoms with Gasteiger partial charge in [0.25, 0.3) is 0 Å². The molecule has 2 heterocycles. The normalized spacial score (nSPS) is 18.4. The summed E-state index contributed by atoms with van der Waals surface area (Å²) >= 11 is 0. The third kappa shape index (κ3) is 2.84. The molecule has 2 aliphatic rings. The maximum Gasteiger partial charge on any atom is 0.0424 e. The number of hydrogen-bond donors (Lipinski definition) is 2. The van der Waals surface area contributed by atoms with Gasteiger partial charge in [-0.1, -0.05) is 52.5 Å². The summed E-state index contributed by atoms with van der Waals surface area (Å²) in [5, 5.41) is 6.85. The number of hydrogen-bond acceptors (Lipinski definition) is 2. The first-order valence-corrected chi connectivity index (χ1v) is 7.60. The molecule has 0 aromatic heterocycles. The molecule has 0 bridgehead atoms. The standard InChI is InChI=1S/C13H16N2.2C2H6/c1-10-13(6-8-14-9-7-13)11-4-2-3-5-12(11)15-10;2*1-2/h2-5,14-15H,1,6-9H2;2*1-2H3. The molecular weight excluding hydrogens is 232 g/mol. The Hall–Kier alpha value is -1.28. The molecule has 0 unspecified atom stereocenters. The minimum atomic E-state index is 0.196. The highest BCUT2D eigenvalue weighted by molar-refractivity contribution is 5.68. The van der Waals surface area contributed by atoms with Gasteiger partial charge in [0, 0.05) is 16.8 Å². The SMILES string of the molecule is C=C1Nc2ccccc2C12CCNCC2.CC.CC. The van der Waals surface area contributed by atoms with E-state index in [1.807, 2.05) is 27.7 Å². The zero-order valence-electron chi connectivity index (χ0n) is 12.8. The molecule has 106 valence electrons. The van der Waals surface area contributed by atoms with E-state index in [4.69, 9.17) is 0 Å². The summed E-state index contributed by atoms with van der Waals surface area (Å²) in [6, 6.07) is 8.60. The van der Waals surface area contributed by atoms with Crippen LogP contribution in [0.3, 0.4) is 0 Å². The Morgan fingerprint density at radius 2 is 1.58 bits per heavy atom. The highest BCUT2D eigenvalue weighted by Gasteiger charge is 2.42. The Morgan fingerprint density at radius 1 is 1.00 bits per heavy atom. The summed E-state index contributed by atoms with van der Waals surface area (Å²) in [5.41, 5.74) is 4.08. The number of fused-ring (bicyclic) bond motifs is 2. The molecule has 2 heteroatoms. The van der Waals surface area contributed by atoms with Crippen molar-refractivity contribution >= 4 is 5.69 Å². The highest BCUT2D eigenvalue weighted by Crippen LogP contribution is 2.48. The lowest BCUT2D eigenvalue weighted by atomic mass is 9.73. The Morgan fingerprint density at radius 3 is 2.21 bits per heavy atom. The molecule has 0 radical (unpaired) electrons. The van der Waals surface area contributed by atoms with Gasteiger partial charge in [0.1, 0.15) is 0 Å². The van der Waals surface area contributed by atoms with Crippen molar-refractivity contribution in [3.8, 4) is 0 Å². The van der Waals surface area contributed by atoms with Crippen molar-refractivity contribution in [1.82, 2.24) is 5.32 Å². The minimum Gasteiger partial charge on any atom is -0.358 e. The van der Waals surface area contributed by atoms with Crippen molar-refractivity contribution in [1.29, 1.82) is 0 Å². The quantitative estimate of drug-likeness (QED) is 0.727. The van der Waals surface area contributed by atoms with Gasteiger partial charge >= 0.3 is 0 Å². The predicted molar refractivity (Wildman–Crippen MR) is 85.7 cm³/mol. The first-order chi connectivity index (χ1) is 9.33. The maximum atomic E-state index is 4.21. The van der Waals surface area contributed by atoms with Gasteiger partial charge in [-0.25, -0.2) is 0 Å². The highest BCUT2D eigenvalue weighted by atomic mass is 15.0. The van der Waals surface area contributed by atoms with Crippen LogP contribution >= 0.6 is 0 Å². The van der Waals surface area contributed by atoms with Gasteiger partial charge in [-0.15, -0.1) is 0 Å². The third-order valence-electron chi connectivity index (χ3n) is 3.76. The zero-order valence-corrected chi connectivity index (χ0v) is 12.8. The predicted octanol–water partition coefficient (Wildman–Crippen LogP) is 4.30. The molecule has 1 aromatic rings. The molecule has 1 spiro atoms. The third-order valence-corrected chi connectivity index (χ3v) is 3.76. The van der Waals surface area contributed by atoms with Gasteiger partial charge in [0.15, 0.2) is 0 Å². The van der Waals surface area contributed by atoms with Crippen molar-refractivity contribution in [2.75, 3.05) is 18.4 Å². The van der Waals surface area contributed by atoms with E-state index in [1.54, 1.807) is 0 Å². The van der Waals surface area contributed by atoms with Crippen LogP contribution in [0.2, 0.25) is 0 Å². The number of rotatable bonds is 0.